The van der Waals surface area contributed by atoms with Gasteiger partial charge in [0.1, 0.15) is 11.5 Å². The summed E-state index contributed by atoms with van der Waals surface area (Å²) in [4.78, 5) is 15.9. The highest BCUT2D eigenvalue weighted by molar-refractivity contribution is 5.89. The summed E-state index contributed by atoms with van der Waals surface area (Å²) in [6.07, 6.45) is 6.24. The molecule has 0 fully saturated rings. The largest absolute Gasteiger partial charge is 0.457 e. The third-order valence-electron chi connectivity index (χ3n) is 3.51. The van der Waals surface area contributed by atoms with Gasteiger partial charge in [-0.15, -0.1) is 0 Å². The molecule has 0 aliphatic heterocycles. The highest BCUT2D eigenvalue weighted by atomic mass is 16.5. The van der Waals surface area contributed by atoms with Crippen LogP contribution in [0.4, 0.5) is 10.5 Å². The highest BCUT2D eigenvalue weighted by Gasteiger charge is 2.03. The summed E-state index contributed by atoms with van der Waals surface area (Å²) < 4.78 is 7.74. The summed E-state index contributed by atoms with van der Waals surface area (Å²) in [5.41, 5.74) is 0.681. The molecule has 2 aromatic carbocycles. The first-order valence-electron chi connectivity index (χ1n) is 8.13. The summed E-state index contributed by atoms with van der Waals surface area (Å²) in [5, 5.41) is 5.65. The number of nitrogens with one attached hydrogen (secondary N) is 2. The molecular formula is C19H20N4O2. The molecule has 3 rings (SSSR count). The second-order valence-electron chi connectivity index (χ2n) is 5.48. The fraction of sp³-hybridized carbons (Fsp3) is 0.158. The predicted octanol–water partition coefficient (Wildman–Crippen LogP) is 3.89. The van der Waals surface area contributed by atoms with E-state index in [0.29, 0.717) is 18.0 Å². The van der Waals surface area contributed by atoms with Crippen LogP contribution in [0.2, 0.25) is 0 Å². The fourth-order valence-corrected chi connectivity index (χ4v) is 2.32. The van der Waals surface area contributed by atoms with E-state index in [1.165, 1.54) is 0 Å². The van der Waals surface area contributed by atoms with Crippen molar-refractivity contribution in [2.45, 2.75) is 13.0 Å². The van der Waals surface area contributed by atoms with Crippen LogP contribution in [0.5, 0.6) is 11.5 Å². The lowest BCUT2D eigenvalue weighted by Gasteiger charge is -2.10. The van der Waals surface area contributed by atoms with E-state index in [9.17, 15) is 4.79 Å². The number of hydrogen-bond acceptors (Lipinski definition) is 3. The third kappa shape index (κ3) is 5.39. The van der Waals surface area contributed by atoms with Gasteiger partial charge in [0.2, 0.25) is 0 Å². The molecule has 0 atom stereocenters. The minimum absolute atomic E-state index is 0.234. The number of anilines is 1. The monoisotopic (exact) mass is 336 g/mol. The maximum Gasteiger partial charge on any atom is 0.319 e. The zero-order valence-corrected chi connectivity index (χ0v) is 13.8. The number of benzene rings is 2. The van der Waals surface area contributed by atoms with Gasteiger partial charge in [0, 0.05) is 37.2 Å². The molecule has 1 aromatic heterocycles. The Bertz CT molecular complexity index is 788. The van der Waals surface area contributed by atoms with Crippen LogP contribution in [-0.2, 0) is 6.54 Å². The third-order valence-corrected chi connectivity index (χ3v) is 3.51. The molecule has 128 valence electrons. The normalized spacial score (nSPS) is 10.2. The predicted molar refractivity (Wildman–Crippen MR) is 96.8 cm³/mol. The first kappa shape index (κ1) is 16.6. The van der Waals surface area contributed by atoms with E-state index in [1.54, 1.807) is 18.6 Å². The number of urea groups is 1. The Morgan fingerprint density at radius 2 is 1.92 bits per heavy atom. The number of aromatic nitrogens is 2. The molecule has 0 bridgehead atoms. The quantitative estimate of drug-likeness (QED) is 0.643. The number of hydrogen-bond donors (Lipinski definition) is 2. The minimum atomic E-state index is -0.234. The Labute approximate surface area is 146 Å². The van der Waals surface area contributed by atoms with Crippen molar-refractivity contribution in [1.29, 1.82) is 0 Å². The molecule has 3 aromatic rings. The first-order valence-corrected chi connectivity index (χ1v) is 8.13. The van der Waals surface area contributed by atoms with E-state index in [2.05, 4.69) is 15.6 Å². The number of amides is 2. The summed E-state index contributed by atoms with van der Waals surface area (Å²) in [6.45, 7) is 1.41. The van der Waals surface area contributed by atoms with Gasteiger partial charge >= 0.3 is 6.03 Å². The highest BCUT2D eigenvalue weighted by Crippen LogP contribution is 2.23. The van der Waals surface area contributed by atoms with Crippen LogP contribution in [0, 0.1) is 0 Å². The van der Waals surface area contributed by atoms with Crippen molar-refractivity contribution in [2.24, 2.45) is 0 Å². The van der Waals surface area contributed by atoms with Crippen molar-refractivity contribution in [1.82, 2.24) is 14.9 Å². The maximum atomic E-state index is 12.0. The van der Waals surface area contributed by atoms with E-state index >= 15 is 0 Å². The van der Waals surface area contributed by atoms with Gasteiger partial charge < -0.3 is 19.9 Å². The molecule has 6 nitrogen and oxygen atoms in total. The second-order valence-corrected chi connectivity index (χ2v) is 5.48. The van der Waals surface area contributed by atoms with Crippen LogP contribution < -0.4 is 15.4 Å². The minimum Gasteiger partial charge on any atom is -0.457 e. The molecule has 0 saturated heterocycles. The lowest BCUT2D eigenvalue weighted by molar-refractivity contribution is 0.252. The Kier molecular flexibility index (Phi) is 5.66. The van der Waals surface area contributed by atoms with Crippen LogP contribution in [0.15, 0.2) is 73.3 Å². The number of carbonyl (C=O) groups is 1. The first-order chi connectivity index (χ1) is 12.3. The molecule has 0 aliphatic carbocycles. The van der Waals surface area contributed by atoms with E-state index in [-0.39, 0.29) is 6.03 Å². The van der Waals surface area contributed by atoms with Gasteiger partial charge in [-0.1, -0.05) is 24.3 Å². The molecular weight excluding hydrogens is 316 g/mol. The van der Waals surface area contributed by atoms with E-state index in [1.807, 2.05) is 59.3 Å². The number of aryl methyl sites for hydroxylation is 1. The average molecular weight is 336 g/mol. The van der Waals surface area contributed by atoms with Crippen LogP contribution in [0.1, 0.15) is 6.42 Å². The van der Waals surface area contributed by atoms with Crippen molar-refractivity contribution in [3.05, 3.63) is 73.3 Å². The molecule has 2 N–H and O–H groups in total. The van der Waals surface area contributed by atoms with Crippen molar-refractivity contribution < 1.29 is 9.53 Å². The number of para-hydroxylation sites is 1. The van der Waals surface area contributed by atoms with E-state index < -0.39 is 0 Å². The van der Waals surface area contributed by atoms with Gasteiger partial charge in [0.25, 0.3) is 0 Å². The molecule has 2 amide bonds. The fourth-order valence-electron chi connectivity index (χ4n) is 2.32. The summed E-state index contributed by atoms with van der Waals surface area (Å²) in [7, 11) is 0. The lowest BCUT2D eigenvalue weighted by Crippen LogP contribution is -2.30. The van der Waals surface area contributed by atoms with Crippen molar-refractivity contribution in [3.63, 3.8) is 0 Å². The Morgan fingerprint density at radius 1 is 1.08 bits per heavy atom. The Balaban J connectivity index is 1.45. The zero-order valence-electron chi connectivity index (χ0n) is 13.8. The topological polar surface area (TPSA) is 68.2 Å². The van der Waals surface area contributed by atoms with Gasteiger partial charge in [-0.2, -0.15) is 0 Å². The van der Waals surface area contributed by atoms with E-state index in [4.69, 9.17) is 4.74 Å². The molecule has 0 spiro atoms. The maximum absolute atomic E-state index is 12.0. The van der Waals surface area contributed by atoms with Crippen molar-refractivity contribution >= 4 is 11.7 Å². The Hall–Kier alpha value is -3.28. The van der Waals surface area contributed by atoms with E-state index in [0.717, 1.165) is 18.7 Å². The van der Waals surface area contributed by atoms with Gasteiger partial charge in [-0.3, -0.25) is 0 Å². The number of carbonyl (C=O) groups excluding carboxylic acids is 1. The van der Waals surface area contributed by atoms with Crippen molar-refractivity contribution in [2.75, 3.05) is 11.9 Å². The van der Waals surface area contributed by atoms with Gasteiger partial charge in [-0.05, 0) is 30.7 Å². The number of imidazole rings is 1. The lowest BCUT2D eigenvalue weighted by atomic mass is 10.3. The number of nitrogens with zero attached hydrogens (tertiary/aromatic N) is 2. The summed E-state index contributed by atoms with van der Waals surface area (Å²) >= 11 is 0. The summed E-state index contributed by atoms with van der Waals surface area (Å²) in [5.74, 6) is 1.42. The molecule has 0 aliphatic rings. The molecule has 0 unspecified atom stereocenters. The number of rotatable bonds is 7. The standard InChI is InChI=1S/C19H20N4O2/c24-19(21-10-5-12-23-13-11-20-15-23)22-16-6-4-9-18(14-16)25-17-7-2-1-3-8-17/h1-4,6-9,11,13-15H,5,10,12H2,(H2,21,22,24). The Morgan fingerprint density at radius 3 is 2.72 bits per heavy atom. The van der Waals surface area contributed by atoms with Crippen LogP contribution >= 0.6 is 0 Å². The molecule has 1 heterocycles. The molecule has 0 saturated carbocycles. The van der Waals surface area contributed by atoms with Crippen LogP contribution in [0.3, 0.4) is 0 Å². The number of ether oxygens (including phenoxy) is 1. The second kappa shape index (κ2) is 8.54. The molecule has 25 heavy (non-hydrogen) atoms. The SMILES string of the molecule is O=C(NCCCn1ccnc1)Nc1cccc(Oc2ccccc2)c1. The van der Waals surface area contributed by atoms with Gasteiger partial charge in [0.15, 0.2) is 0 Å². The molecule has 0 radical (unpaired) electrons. The van der Waals surface area contributed by atoms with Gasteiger partial charge in [-0.25, -0.2) is 9.78 Å². The summed E-state index contributed by atoms with van der Waals surface area (Å²) in [6, 6.07) is 16.6. The van der Waals surface area contributed by atoms with Crippen LogP contribution in [-0.4, -0.2) is 22.1 Å². The van der Waals surface area contributed by atoms with Gasteiger partial charge in [0.05, 0.1) is 6.33 Å². The molecule has 6 heteroatoms. The zero-order chi connectivity index (χ0) is 17.3. The average Bonchev–Trinajstić information content (AvgIpc) is 3.13. The van der Waals surface area contributed by atoms with Crippen LogP contribution in [0.25, 0.3) is 0 Å². The van der Waals surface area contributed by atoms with Crippen molar-refractivity contribution in [3.8, 4) is 11.5 Å². The smallest absolute Gasteiger partial charge is 0.319 e.